The second-order valence-electron chi connectivity index (χ2n) is 16.7. The highest BCUT2D eigenvalue weighted by Gasteiger charge is 2.46. The number of benzene rings is 2. The van der Waals surface area contributed by atoms with Gasteiger partial charge in [0.05, 0.1) is 29.5 Å². The summed E-state index contributed by atoms with van der Waals surface area (Å²) in [6, 6.07) is 14.9. The third-order valence-corrected chi connectivity index (χ3v) is 12.6. The minimum absolute atomic E-state index is 0.0371. The van der Waals surface area contributed by atoms with E-state index in [-0.39, 0.29) is 30.3 Å². The predicted molar refractivity (Wildman–Crippen MR) is 214 cm³/mol. The molecule has 8 heteroatoms. The number of nitrogens with one attached hydrogen (secondary N) is 2. The van der Waals surface area contributed by atoms with Crippen LogP contribution in [0.3, 0.4) is 0 Å². The van der Waals surface area contributed by atoms with E-state index in [4.69, 9.17) is 5.73 Å². The summed E-state index contributed by atoms with van der Waals surface area (Å²) in [6.45, 7) is 2.91. The molecule has 1 aromatic heterocycles. The summed E-state index contributed by atoms with van der Waals surface area (Å²) in [5.41, 5.74) is 8.38. The first-order valence-electron chi connectivity index (χ1n) is 20.5. The topological polar surface area (TPSA) is 152 Å². The summed E-state index contributed by atoms with van der Waals surface area (Å²) in [5.74, 6) is -0.313. The van der Waals surface area contributed by atoms with E-state index in [1.807, 2.05) is 12.1 Å². The molecule has 8 N–H and O–H groups in total. The lowest BCUT2D eigenvalue weighted by atomic mass is 9.80. The molecule has 6 rings (SSSR count). The zero-order valence-electron chi connectivity index (χ0n) is 31.7. The lowest BCUT2D eigenvalue weighted by Crippen LogP contribution is -2.37. The number of aliphatic hydroxyl groups excluding tert-OH is 2. The molecule has 2 aromatic carbocycles. The smallest absolute Gasteiger partial charge is 0.309 e. The number of H-pyrrole nitrogens is 1. The van der Waals surface area contributed by atoms with Crippen LogP contribution in [0, 0.1) is 29.6 Å². The number of nitrogens with two attached hydrogens (primary N) is 1. The minimum Gasteiger partial charge on any atom is -0.481 e. The molecular weight excluding hydrogens is 663 g/mol. The molecule has 8 unspecified atom stereocenters. The number of carboxylic acids is 1. The van der Waals surface area contributed by atoms with Gasteiger partial charge in [-0.2, -0.15) is 0 Å². The van der Waals surface area contributed by atoms with Gasteiger partial charge in [-0.3, -0.25) is 4.79 Å². The highest BCUT2D eigenvalue weighted by molar-refractivity contribution is 5.97. The van der Waals surface area contributed by atoms with Crippen molar-refractivity contribution in [3.05, 3.63) is 83.9 Å². The van der Waals surface area contributed by atoms with Gasteiger partial charge in [-0.05, 0) is 123 Å². The van der Waals surface area contributed by atoms with Crippen molar-refractivity contribution >= 4 is 27.6 Å². The minimum atomic E-state index is -1.03. The normalized spacial score (nSPS) is 27.1. The molecule has 0 saturated heterocycles. The van der Waals surface area contributed by atoms with Crippen LogP contribution in [0.2, 0.25) is 0 Å². The van der Waals surface area contributed by atoms with E-state index in [0.29, 0.717) is 50.4 Å². The first-order valence-corrected chi connectivity index (χ1v) is 20.5. The van der Waals surface area contributed by atoms with E-state index in [0.717, 1.165) is 61.5 Å². The third kappa shape index (κ3) is 10.3. The summed E-state index contributed by atoms with van der Waals surface area (Å²) in [4.78, 5) is 16.0. The van der Waals surface area contributed by atoms with Crippen LogP contribution in [0.15, 0.2) is 78.2 Å². The number of carboxylic acid groups (broad SMARTS) is 1. The second kappa shape index (κ2) is 18.2. The average Bonchev–Trinajstić information content (AvgIpc) is 3.66. The number of aromatic nitrogens is 1. The number of hydrogen-bond acceptors (Lipinski definition) is 6. The van der Waals surface area contributed by atoms with Gasteiger partial charge in [0, 0.05) is 29.1 Å². The largest absolute Gasteiger partial charge is 0.481 e. The molecule has 0 amide bonds. The van der Waals surface area contributed by atoms with Crippen molar-refractivity contribution in [1.29, 1.82) is 0 Å². The fourth-order valence-corrected chi connectivity index (χ4v) is 9.60. The zero-order valence-corrected chi connectivity index (χ0v) is 31.7. The number of aromatic amines is 1. The highest BCUT2D eigenvalue weighted by Crippen LogP contribution is 2.47. The summed E-state index contributed by atoms with van der Waals surface area (Å²) >= 11 is 0. The molecule has 8 nitrogen and oxygen atoms in total. The molecule has 3 aromatic rings. The molecule has 1 fully saturated rings. The van der Waals surface area contributed by atoms with Crippen LogP contribution >= 0.6 is 0 Å². The number of dihydropyridines is 1. The Labute approximate surface area is 315 Å². The molecular formula is C45H63N3O5. The van der Waals surface area contributed by atoms with Gasteiger partial charge < -0.3 is 36.5 Å². The van der Waals surface area contributed by atoms with Crippen LogP contribution in [0.4, 0.5) is 0 Å². The number of aliphatic carboxylic acids is 1. The van der Waals surface area contributed by atoms with Crippen molar-refractivity contribution in [2.75, 3.05) is 6.54 Å². The zero-order chi connectivity index (χ0) is 37.4. The number of carbonyl (C=O) groups is 1. The van der Waals surface area contributed by atoms with E-state index in [1.165, 1.54) is 35.6 Å². The number of aliphatic hydroxyl groups is 3. The maximum absolute atomic E-state index is 12.4. The molecule has 3 aliphatic rings. The molecule has 288 valence electrons. The lowest BCUT2D eigenvalue weighted by molar-refractivity contribution is -0.146. The molecule has 2 heterocycles. The Morgan fingerprint density at radius 2 is 1.75 bits per heavy atom. The number of allylic oxidation sites excluding steroid dienone is 3. The summed E-state index contributed by atoms with van der Waals surface area (Å²) in [5, 5.41) is 51.2. The van der Waals surface area contributed by atoms with E-state index in [2.05, 4.69) is 71.9 Å². The van der Waals surface area contributed by atoms with Crippen LogP contribution in [0.1, 0.15) is 109 Å². The molecule has 0 spiro atoms. The molecule has 1 saturated carbocycles. The Morgan fingerprint density at radius 1 is 0.962 bits per heavy atom. The third-order valence-electron chi connectivity index (χ3n) is 12.6. The van der Waals surface area contributed by atoms with Crippen molar-refractivity contribution in [3.63, 3.8) is 0 Å². The molecule has 53 heavy (non-hydrogen) atoms. The van der Waals surface area contributed by atoms with Crippen LogP contribution in [-0.2, 0) is 11.2 Å². The highest BCUT2D eigenvalue weighted by atomic mass is 16.4. The van der Waals surface area contributed by atoms with Gasteiger partial charge in [0.1, 0.15) is 0 Å². The monoisotopic (exact) mass is 725 g/mol. The molecule has 8 atom stereocenters. The lowest BCUT2D eigenvalue weighted by Gasteiger charge is -2.32. The van der Waals surface area contributed by atoms with Gasteiger partial charge in [0.25, 0.3) is 0 Å². The SMILES string of the molecule is CCCCCC1C=CC(CCCCCC(C(=O)O)C(O)CCC2(O)CC(CC3=CCNC(N)=C3)CC2Cc2cc3cc4ccccc4cc3[nH]2)C(O)C1. The number of fused-ring (bicyclic) bond motifs is 2. The van der Waals surface area contributed by atoms with Crippen molar-refractivity contribution in [2.24, 2.45) is 35.3 Å². The van der Waals surface area contributed by atoms with Gasteiger partial charge in [-0.1, -0.05) is 87.9 Å². The van der Waals surface area contributed by atoms with Crippen LogP contribution < -0.4 is 11.1 Å². The molecule has 0 radical (unpaired) electrons. The van der Waals surface area contributed by atoms with Gasteiger partial charge >= 0.3 is 5.97 Å². The van der Waals surface area contributed by atoms with E-state index >= 15 is 0 Å². The number of unbranched alkanes of at least 4 members (excludes halogenated alkanes) is 4. The fraction of sp³-hybridized carbons (Fsp3) is 0.578. The summed E-state index contributed by atoms with van der Waals surface area (Å²) in [6.07, 6.45) is 20.3. The first-order chi connectivity index (χ1) is 25.6. The van der Waals surface area contributed by atoms with E-state index < -0.39 is 23.6 Å². The Hall–Kier alpha value is -3.59. The van der Waals surface area contributed by atoms with Crippen LogP contribution in [-0.4, -0.2) is 55.7 Å². The molecule has 1 aliphatic heterocycles. The molecule has 0 bridgehead atoms. The predicted octanol–water partition coefficient (Wildman–Crippen LogP) is 8.27. The summed E-state index contributed by atoms with van der Waals surface area (Å²) < 4.78 is 0. The van der Waals surface area contributed by atoms with Gasteiger partial charge in [-0.25, -0.2) is 0 Å². The van der Waals surface area contributed by atoms with Crippen molar-refractivity contribution in [1.82, 2.24) is 10.3 Å². The van der Waals surface area contributed by atoms with Gasteiger partial charge in [-0.15, -0.1) is 0 Å². The Kier molecular flexibility index (Phi) is 13.4. The van der Waals surface area contributed by atoms with Gasteiger partial charge in [0.15, 0.2) is 0 Å². The molecule has 2 aliphatic carbocycles. The average molecular weight is 726 g/mol. The van der Waals surface area contributed by atoms with Crippen molar-refractivity contribution in [3.8, 4) is 0 Å². The maximum atomic E-state index is 12.4. The first kappa shape index (κ1) is 39.1. The fourth-order valence-electron chi connectivity index (χ4n) is 9.60. The van der Waals surface area contributed by atoms with Crippen LogP contribution in [0.25, 0.3) is 21.7 Å². The summed E-state index contributed by atoms with van der Waals surface area (Å²) in [7, 11) is 0. The standard InChI is InChI=1S/C45H63N3O5/c1-2-3-5-10-30-15-16-33(42(50)23-30)11-6-4-7-14-39(44(51)52)41(49)17-19-45(53)29-32(21-31-18-20-47-43(46)24-31)22-37(45)28-38-26-36-25-34-12-8-9-13-35(34)27-40(36)48-38/h8-9,12-13,15-16,18,24-27,30,32-33,37,39,41-42,47-50,53H,2-7,10-11,14,17,19-23,28-29,46H2,1H3,(H,51,52). The maximum Gasteiger partial charge on any atom is 0.309 e. The second-order valence-corrected chi connectivity index (χ2v) is 16.7. The van der Waals surface area contributed by atoms with Crippen molar-refractivity contribution in [2.45, 2.75) is 127 Å². The Balaban J connectivity index is 1.04. The van der Waals surface area contributed by atoms with Gasteiger partial charge in [0.2, 0.25) is 0 Å². The van der Waals surface area contributed by atoms with Crippen molar-refractivity contribution < 1.29 is 25.2 Å². The quantitative estimate of drug-likeness (QED) is 0.0485. The Morgan fingerprint density at radius 3 is 2.51 bits per heavy atom. The Bertz CT molecular complexity index is 1710. The van der Waals surface area contributed by atoms with E-state index in [1.54, 1.807) is 0 Å². The van der Waals surface area contributed by atoms with E-state index in [9.17, 15) is 25.2 Å². The van der Waals surface area contributed by atoms with Crippen LogP contribution in [0.5, 0.6) is 0 Å². The number of hydrogen-bond donors (Lipinski definition) is 7. The number of rotatable bonds is 19.